The van der Waals surface area contributed by atoms with Gasteiger partial charge in [0, 0.05) is 12.2 Å². The predicted molar refractivity (Wildman–Crippen MR) is 62.3 cm³/mol. The number of nitrogens with one attached hydrogen (secondary N) is 1. The van der Waals surface area contributed by atoms with Crippen LogP contribution in [0.2, 0.25) is 0 Å². The van der Waals surface area contributed by atoms with Gasteiger partial charge in [-0.15, -0.1) is 0 Å². The summed E-state index contributed by atoms with van der Waals surface area (Å²) in [6.07, 6.45) is -0.945. The third kappa shape index (κ3) is 3.40. The van der Waals surface area contributed by atoms with Gasteiger partial charge in [0.1, 0.15) is 11.4 Å². The van der Waals surface area contributed by atoms with Crippen molar-refractivity contribution in [2.75, 3.05) is 18.5 Å². The first-order valence-corrected chi connectivity index (χ1v) is 5.20. The van der Waals surface area contributed by atoms with Gasteiger partial charge in [-0.1, -0.05) is 0 Å². The maximum Gasteiger partial charge on any atom is 0.339 e. The summed E-state index contributed by atoms with van der Waals surface area (Å²) < 4.78 is 0. The Bertz CT molecular complexity index is 420. The van der Waals surface area contributed by atoms with Gasteiger partial charge < -0.3 is 20.6 Å². The molecular weight excluding hydrogens is 224 g/mol. The third-order valence-corrected chi connectivity index (χ3v) is 2.27. The molecule has 1 heterocycles. The van der Waals surface area contributed by atoms with Gasteiger partial charge >= 0.3 is 5.97 Å². The Kier molecular flexibility index (Phi) is 4.42. The van der Waals surface area contributed by atoms with Crippen molar-refractivity contribution >= 4 is 11.8 Å². The third-order valence-electron chi connectivity index (χ3n) is 2.27. The van der Waals surface area contributed by atoms with Crippen molar-refractivity contribution < 1.29 is 20.1 Å². The number of carbonyl (C=O) groups is 1. The van der Waals surface area contributed by atoms with Crippen LogP contribution in [0.15, 0.2) is 6.07 Å². The summed E-state index contributed by atoms with van der Waals surface area (Å²) in [7, 11) is 0. The molecule has 1 unspecified atom stereocenters. The van der Waals surface area contributed by atoms with E-state index in [0.717, 1.165) is 0 Å². The predicted octanol–water partition coefficient (Wildman–Crippen LogP) is 0.162. The standard InChI is InChI=1S/C11H16N2O4/c1-6-3-7(2)13-10(9(6)11(16)17)12-4-8(15)5-14/h3,8,14-15H,4-5H2,1-2H3,(H,12,13)(H,16,17). The molecule has 0 aliphatic heterocycles. The first kappa shape index (κ1) is 13.4. The number of aliphatic hydroxyl groups excluding tert-OH is 2. The molecule has 0 saturated heterocycles. The molecule has 17 heavy (non-hydrogen) atoms. The van der Waals surface area contributed by atoms with Crippen LogP contribution >= 0.6 is 0 Å². The zero-order chi connectivity index (χ0) is 13.0. The molecule has 6 nitrogen and oxygen atoms in total. The highest BCUT2D eigenvalue weighted by molar-refractivity contribution is 5.94. The van der Waals surface area contributed by atoms with Gasteiger partial charge in [0.15, 0.2) is 0 Å². The maximum absolute atomic E-state index is 11.1. The van der Waals surface area contributed by atoms with Crippen molar-refractivity contribution in [1.82, 2.24) is 4.98 Å². The van der Waals surface area contributed by atoms with E-state index in [-0.39, 0.29) is 24.5 Å². The fraction of sp³-hybridized carbons (Fsp3) is 0.455. The number of hydrogen-bond donors (Lipinski definition) is 4. The van der Waals surface area contributed by atoms with Crippen molar-refractivity contribution in [3.05, 3.63) is 22.9 Å². The monoisotopic (exact) mass is 240 g/mol. The zero-order valence-electron chi connectivity index (χ0n) is 9.77. The normalized spacial score (nSPS) is 12.2. The van der Waals surface area contributed by atoms with Crippen LogP contribution in [0.5, 0.6) is 0 Å². The molecule has 1 aromatic rings. The Balaban J connectivity index is 3.00. The smallest absolute Gasteiger partial charge is 0.339 e. The van der Waals surface area contributed by atoms with E-state index in [4.69, 9.17) is 10.2 Å². The second kappa shape index (κ2) is 5.60. The summed E-state index contributed by atoms with van der Waals surface area (Å²) in [6, 6.07) is 1.68. The molecule has 0 saturated carbocycles. The van der Waals surface area contributed by atoms with Crippen molar-refractivity contribution in [2.24, 2.45) is 0 Å². The Morgan fingerprint density at radius 3 is 2.71 bits per heavy atom. The highest BCUT2D eigenvalue weighted by atomic mass is 16.4. The Hall–Kier alpha value is -1.66. The molecule has 6 heteroatoms. The van der Waals surface area contributed by atoms with Crippen molar-refractivity contribution in [3.63, 3.8) is 0 Å². The summed E-state index contributed by atoms with van der Waals surface area (Å²) >= 11 is 0. The Morgan fingerprint density at radius 1 is 1.53 bits per heavy atom. The van der Waals surface area contributed by atoms with Gasteiger partial charge in [0.2, 0.25) is 0 Å². The summed E-state index contributed by atoms with van der Waals surface area (Å²) in [5, 5.41) is 29.7. The van der Waals surface area contributed by atoms with E-state index in [1.165, 1.54) is 0 Å². The van der Waals surface area contributed by atoms with Gasteiger partial charge in [-0.25, -0.2) is 9.78 Å². The number of hydrogen-bond acceptors (Lipinski definition) is 5. The first-order valence-electron chi connectivity index (χ1n) is 5.20. The molecule has 1 atom stereocenters. The van der Waals surface area contributed by atoms with E-state index in [2.05, 4.69) is 10.3 Å². The highest BCUT2D eigenvalue weighted by Crippen LogP contribution is 2.18. The lowest BCUT2D eigenvalue weighted by Crippen LogP contribution is -2.24. The zero-order valence-corrected chi connectivity index (χ0v) is 9.77. The Labute approximate surface area is 98.9 Å². The number of aromatic carboxylic acids is 1. The number of carboxylic acids is 1. The molecule has 1 aromatic heterocycles. The molecule has 0 spiro atoms. The fourth-order valence-electron chi connectivity index (χ4n) is 1.51. The van der Waals surface area contributed by atoms with E-state index in [1.54, 1.807) is 19.9 Å². The van der Waals surface area contributed by atoms with Crippen LogP contribution in [0.3, 0.4) is 0 Å². The number of pyridine rings is 1. The van der Waals surface area contributed by atoms with E-state index < -0.39 is 12.1 Å². The summed E-state index contributed by atoms with van der Waals surface area (Å²) in [5.41, 5.74) is 1.38. The van der Waals surface area contributed by atoms with Crippen LogP contribution in [-0.2, 0) is 0 Å². The van der Waals surface area contributed by atoms with Gasteiger partial charge in [0.25, 0.3) is 0 Å². The van der Waals surface area contributed by atoms with Crippen molar-refractivity contribution in [1.29, 1.82) is 0 Å². The van der Waals surface area contributed by atoms with E-state index in [1.807, 2.05) is 0 Å². The number of nitrogens with zero attached hydrogens (tertiary/aromatic N) is 1. The largest absolute Gasteiger partial charge is 0.478 e. The lowest BCUT2D eigenvalue weighted by Gasteiger charge is -2.13. The number of aryl methyl sites for hydroxylation is 2. The van der Waals surface area contributed by atoms with E-state index in [9.17, 15) is 9.90 Å². The number of carboxylic acid groups (broad SMARTS) is 1. The second-order valence-corrected chi connectivity index (χ2v) is 3.83. The average molecular weight is 240 g/mol. The number of anilines is 1. The number of aliphatic hydroxyl groups is 2. The summed E-state index contributed by atoms with van der Waals surface area (Å²) in [5.74, 6) is -0.863. The molecule has 94 valence electrons. The molecular formula is C11H16N2O4. The Morgan fingerprint density at radius 2 is 2.18 bits per heavy atom. The average Bonchev–Trinajstić information content (AvgIpc) is 2.24. The maximum atomic E-state index is 11.1. The quantitative estimate of drug-likeness (QED) is 0.584. The minimum atomic E-state index is -1.07. The van der Waals surface area contributed by atoms with Gasteiger partial charge in [0.05, 0.1) is 12.7 Å². The van der Waals surface area contributed by atoms with Crippen LogP contribution in [0.1, 0.15) is 21.6 Å². The lowest BCUT2D eigenvalue weighted by atomic mass is 10.1. The summed E-state index contributed by atoms with van der Waals surface area (Å²) in [6.45, 7) is 3.10. The fourth-order valence-corrected chi connectivity index (χ4v) is 1.51. The minimum absolute atomic E-state index is 0.0483. The molecule has 4 N–H and O–H groups in total. The second-order valence-electron chi connectivity index (χ2n) is 3.83. The SMILES string of the molecule is Cc1cc(C)c(C(=O)O)c(NCC(O)CO)n1. The van der Waals surface area contributed by atoms with E-state index >= 15 is 0 Å². The highest BCUT2D eigenvalue weighted by Gasteiger charge is 2.16. The lowest BCUT2D eigenvalue weighted by molar-refractivity contribution is 0.0696. The molecule has 0 aliphatic rings. The minimum Gasteiger partial charge on any atom is -0.478 e. The van der Waals surface area contributed by atoms with Crippen LogP contribution in [0.25, 0.3) is 0 Å². The van der Waals surface area contributed by atoms with Crippen LogP contribution < -0.4 is 5.32 Å². The number of rotatable bonds is 5. The van der Waals surface area contributed by atoms with Crippen molar-refractivity contribution in [3.8, 4) is 0 Å². The molecule has 0 amide bonds. The molecule has 0 fully saturated rings. The van der Waals surface area contributed by atoms with Gasteiger partial charge in [-0.05, 0) is 25.5 Å². The van der Waals surface area contributed by atoms with Gasteiger partial charge in [-0.2, -0.15) is 0 Å². The van der Waals surface area contributed by atoms with E-state index in [0.29, 0.717) is 11.3 Å². The summed E-state index contributed by atoms with van der Waals surface area (Å²) in [4.78, 5) is 15.2. The molecule has 0 aliphatic carbocycles. The topological polar surface area (TPSA) is 103 Å². The van der Waals surface area contributed by atoms with Crippen molar-refractivity contribution in [2.45, 2.75) is 20.0 Å². The molecule has 0 bridgehead atoms. The van der Waals surface area contributed by atoms with Crippen LogP contribution in [0, 0.1) is 13.8 Å². The van der Waals surface area contributed by atoms with Crippen LogP contribution in [-0.4, -0.2) is 45.5 Å². The molecule has 1 rings (SSSR count). The molecule has 0 aromatic carbocycles. The number of aromatic nitrogens is 1. The van der Waals surface area contributed by atoms with Gasteiger partial charge in [-0.3, -0.25) is 0 Å². The molecule has 0 radical (unpaired) electrons. The van der Waals surface area contributed by atoms with Crippen LogP contribution in [0.4, 0.5) is 5.82 Å². The first-order chi connectivity index (χ1) is 7.95.